The van der Waals surface area contributed by atoms with Gasteiger partial charge in [0.25, 0.3) is 11.1 Å². The van der Waals surface area contributed by atoms with Crippen LogP contribution in [0.5, 0.6) is 0 Å². The molecule has 0 amide bonds. The van der Waals surface area contributed by atoms with Crippen LogP contribution in [0.25, 0.3) is 0 Å². The molecule has 0 N–H and O–H groups in total. The van der Waals surface area contributed by atoms with E-state index >= 15 is 0 Å². The molecule has 0 unspecified atom stereocenters. The highest BCUT2D eigenvalue weighted by molar-refractivity contribution is 5.69. The summed E-state index contributed by atoms with van der Waals surface area (Å²) in [4.78, 5) is 56.3. The molecule has 0 saturated heterocycles. The SMILES string of the molecule is O=C(CCCCCCCCCCC(=O)On1ccccc1=O)On1ccccc1=O. The Bertz CT molecular complexity index is 842. The molecule has 0 bridgehead atoms. The second-order valence-corrected chi connectivity index (χ2v) is 6.98. The first-order valence-electron chi connectivity index (χ1n) is 10.3. The molecule has 0 radical (unpaired) electrons. The number of hydrogen-bond donors (Lipinski definition) is 0. The van der Waals surface area contributed by atoms with Crippen LogP contribution in [0.3, 0.4) is 0 Å². The molecular weight excluding hydrogens is 388 g/mol. The van der Waals surface area contributed by atoms with Gasteiger partial charge in [0.2, 0.25) is 0 Å². The van der Waals surface area contributed by atoms with Crippen molar-refractivity contribution in [2.24, 2.45) is 0 Å². The lowest BCUT2D eigenvalue weighted by Crippen LogP contribution is -2.29. The van der Waals surface area contributed by atoms with Gasteiger partial charge in [-0.15, -0.1) is 9.46 Å². The molecule has 2 rings (SSSR count). The Morgan fingerprint density at radius 1 is 0.600 bits per heavy atom. The Morgan fingerprint density at radius 2 is 0.967 bits per heavy atom. The van der Waals surface area contributed by atoms with Crippen molar-refractivity contribution in [2.75, 3.05) is 0 Å². The van der Waals surface area contributed by atoms with Crippen LogP contribution in [-0.4, -0.2) is 21.4 Å². The molecule has 8 heteroatoms. The molecule has 0 aromatic carbocycles. The maximum Gasteiger partial charge on any atom is 0.333 e. The topological polar surface area (TPSA) is 96.6 Å². The van der Waals surface area contributed by atoms with Gasteiger partial charge in [-0.2, -0.15) is 0 Å². The van der Waals surface area contributed by atoms with Crippen molar-refractivity contribution in [3.63, 3.8) is 0 Å². The number of unbranched alkanes of at least 4 members (excludes halogenated alkanes) is 7. The number of aromatic nitrogens is 2. The maximum absolute atomic E-state index is 11.7. The van der Waals surface area contributed by atoms with Gasteiger partial charge in [0.05, 0.1) is 0 Å². The highest BCUT2D eigenvalue weighted by Gasteiger charge is 2.06. The summed E-state index contributed by atoms with van der Waals surface area (Å²) >= 11 is 0. The van der Waals surface area contributed by atoms with Crippen LogP contribution in [0.1, 0.15) is 64.2 Å². The summed E-state index contributed by atoms with van der Waals surface area (Å²) in [6, 6.07) is 9.10. The van der Waals surface area contributed by atoms with E-state index < -0.39 is 11.9 Å². The number of rotatable bonds is 13. The summed E-state index contributed by atoms with van der Waals surface area (Å²) in [6.45, 7) is 0. The average Bonchev–Trinajstić information content (AvgIpc) is 2.73. The summed E-state index contributed by atoms with van der Waals surface area (Å²) in [7, 11) is 0. The van der Waals surface area contributed by atoms with Gasteiger partial charge in [0, 0.05) is 37.4 Å². The molecule has 0 aliphatic rings. The molecule has 0 fully saturated rings. The highest BCUT2D eigenvalue weighted by Crippen LogP contribution is 2.10. The number of carbonyl (C=O) groups excluding carboxylic acids is 2. The highest BCUT2D eigenvalue weighted by atomic mass is 16.7. The Balaban J connectivity index is 1.43. The predicted molar refractivity (Wildman–Crippen MR) is 111 cm³/mol. The van der Waals surface area contributed by atoms with Gasteiger partial charge >= 0.3 is 11.9 Å². The van der Waals surface area contributed by atoms with E-state index in [1.54, 1.807) is 24.3 Å². The zero-order chi connectivity index (χ0) is 21.6. The van der Waals surface area contributed by atoms with Crippen LogP contribution < -0.4 is 20.8 Å². The van der Waals surface area contributed by atoms with Crippen molar-refractivity contribution >= 4 is 11.9 Å². The lowest BCUT2D eigenvalue weighted by molar-refractivity contribution is -0.145. The van der Waals surface area contributed by atoms with E-state index in [0.717, 1.165) is 60.8 Å². The first-order valence-corrected chi connectivity index (χ1v) is 10.3. The summed E-state index contributed by atoms with van der Waals surface area (Å²) in [5.41, 5.74) is -0.735. The van der Waals surface area contributed by atoms with Crippen molar-refractivity contribution in [3.8, 4) is 0 Å². The summed E-state index contributed by atoms with van der Waals surface area (Å²) in [6.07, 6.45) is 10.9. The lowest BCUT2D eigenvalue weighted by Gasteiger charge is -2.06. The first-order chi connectivity index (χ1) is 14.6. The molecule has 2 heterocycles. The molecule has 2 aromatic heterocycles. The molecular formula is C22H28N2O6. The molecule has 0 saturated carbocycles. The molecule has 2 aromatic rings. The van der Waals surface area contributed by atoms with Crippen LogP contribution in [0.15, 0.2) is 58.4 Å². The van der Waals surface area contributed by atoms with Crippen LogP contribution in [0.4, 0.5) is 0 Å². The fourth-order valence-electron chi connectivity index (χ4n) is 2.89. The second kappa shape index (κ2) is 13.1. The monoisotopic (exact) mass is 416 g/mol. The van der Waals surface area contributed by atoms with Gasteiger partial charge in [-0.1, -0.05) is 50.7 Å². The van der Waals surface area contributed by atoms with Gasteiger partial charge in [0.1, 0.15) is 0 Å². The zero-order valence-electron chi connectivity index (χ0n) is 17.0. The van der Waals surface area contributed by atoms with E-state index in [9.17, 15) is 19.2 Å². The van der Waals surface area contributed by atoms with Crippen LogP contribution in [0, 0.1) is 0 Å². The standard InChI is InChI=1S/C22H28N2O6/c25-19-13-9-11-17-23(19)29-21(27)15-7-5-3-1-2-4-6-8-16-22(28)30-24-18-12-10-14-20(24)26/h9-14,17-18H,1-8,15-16H2. The van der Waals surface area contributed by atoms with Gasteiger partial charge in [-0.25, -0.2) is 9.59 Å². The average molecular weight is 416 g/mol. The van der Waals surface area contributed by atoms with Crippen molar-refractivity contribution in [3.05, 3.63) is 69.5 Å². The third kappa shape index (κ3) is 8.89. The summed E-state index contributed by atoms with van der Waals surface area (Å²) < 4.78 is 1.88. The van der Waals surface area contributed by atoms with Gasteiger partial charge in [-0.3, -0.25) is 9.59 Å². The predicted octanol–water partition coefficient (Wildman–Crippen LogP) is 2.52. The molecule has 30 heavy (non-hydrogen) atoms. The smallest absolute Gasteiger partial charge is 0.333 e. The third-order valence-corrected chi connectivity index (χ3v) is 4.49. The van der Waals surface area contributed by atoms with Crippen molar-refractivity contribution in [1.82, 2.24) is 9.46 Å². The molecule has 0 aliphatic carbocycles. The molecule has 0 aliphatic heterocycles. The minimum atomic E-state index is -0.409. The first kappa shape index (κ1) is 23.1. The quantitative estimate of drug-likeness (QED) is 0.466. The van der Waals surface area contributed by atoms with Gasteiger partial charge in [-0.05, 0) is 25.0 Å². The van der Waals surface area contributed by atoms with E-state index in [0.29, 0.717) is 0 Å². The Hall–Kier alpha value is -3.16. The Kier molecular flexibility index (Phi) is 10.1. The van der Waals surface area contributed by atoms with E-state index in [4.69, 9.17) is 9.68 Å². The molecule has 8 nitrogen and oxygen atoms in total. The van der Waals surface area contributed by atoms with E-state index in [1.807, 2.05) is 0 Å². The van der Waals surface area contributed by atoms with Gasteiger partial charge < -0.3 is 9.68 Å². The minimum Gasteiger partial charge on any atom is -0.333 e. The molecule has 162 valence electrons. The normalized spacial score (nSPS) is 10.5. The number of pyridine rings is 2. The van der Waals surface area contributed by atoms with Crippen LogP contribution >= 0.6 is 0 Å². The maximum atomic E-state index is 11.7. The molecule has 0 spiro atoms. The summed E-state index contributed by atoms with van der Waals surface area (Å²) in [5.74, 6) is -0.819. The van der Waals surface area contributed by atoms with E-state index in [1.165, 1.54) is 24.5 Å². The van der Waals surface area contributed by atoms with E-state index in [-0.39, 0.29) is 24.0 Å². The zero-order valence-corrected chi connectivity index (χ0v) is 17.0. The minimum absolute atomic E-state index is 0.286. The van der Waals surface area contributed by atoms with Crippen LogP contribution in [0.2, 0.25) is 0 Å². The van der Waals surface area contributed by atoms with E-state index in [2.05, 4.69) is 0 Å². The van der Waals surface area contributed by atoms with Crippen LogP contribution in [-0.2, 0) is 9.59 Å². The van der Waals surface area contributed by atoms with Crippen molar-refractivity contribution in [2.45, 2.75) is 64.2 Å². The largest absolute Gasteiger partial charge is 0.333 e. The number of hydrogen-bond acceptors (Lipinski definition) is 6. The fourth-order valence-corrected chi connectivity index (χ4v) is 2.89. The second-order valence-electron chi connectivity index (χ2n) is 6.98. The fraction of sp³-hybridized carbons (Fsp3) is 0.455. The third-order valence-electron chi connectivity index (χ3n) is 4.49. The molecule has 0 atom stereocenters. The van der Waals surface area contributed by atoms with Crippen molar-refractivity contribution in [1.29, 1.82) is 0 Å². The number of nitrogens with zero attached hydrogens (tertiary/aromatic N) is 2. The Morgan fingerprint density at radius 3 is 1.33 bits per heavy atom. The van der Waals surface area contributed by atoms with Crippen molar-refractivity contribution < 1.29 is 19.3 Å². The van der Waals surface area contributed by atoms with Gasteiger partial charge in [0.15, 0.2) is 0 Å². The number of carbonyl (C=O) groups is 2. The lowest BCUT2D eigenvalue weighted by atomic mass is 10.1. The Labute approximate surface area is 175 Å². The summed E-state index contributed by atoms with van der Waals surface area (Å²) in [5, 5.41) is 0.